The Morgan fingerprint density at radius 2 is 1.44 bits per heavy atom. The smallest absolute Gasteiger partial charge is 0.248 e. The standard InChI is InChI=1S/C22H33N3O2.C11H23N.CH4.ClH/c1-14(2)19(10-15-6-4-3-5-7-15)25-22(27)20-12-16-8-9-17(21(23)26)11-18(16)13-24-20;1-9(2)11(12)8-10-6-4-3-5-7-10;;/h8-9,11,14-15,19-20,24H,3-7,10,12-13H2,1-2H3,(H2,23,26)(H,25,27);9-11H,3-8,12H2,1-2H3;1H4;1H/t19-,20-;11-;;/m11../s1. The van der Waals surface area contributed by atoms with E-state index >= 15 is 0 Å². The molecule has 1 aliphatic heterocycles. The van der Waals surface area contributed by atoms with Gasteiger partial charge in [-0.25, -0.2) is 0 Å². The summed E-state index contributed by atoms with van der Waals surface area (Å²) in [5.74, 6) is 2.46. The lowest BCUT2D eigenvalue weighted by Crippen LogP contribution is -2.52. The second kappa shape index (κ2) is 18.8. The fourth-order valence-electron chi connectivity index (χ4n) is 6.50. The van der Waals surface area contributed by atoms with Crippen molar-refractivity contribution in [3.05, 3.63) is 34.9 Å². The number of nitrogens with one attached hydrogen (secondary N) is 2. The van der Waals surface area contributed by atoms with Crippen molar-refractivity contribution in [1.82, 2.24) is 10.6 Å². The van der Waals surface area contributed by atoms with E-state index in [1.54, 1.807) is 6.07 Å². The van der Waals surface area contributed by atoms with Crippen LogP contribution in [0.15, 0.2) is 18.2 Å². The molecule has 41 heavy (non-hydrogen) atoms. The van der Waals surface area contributed by atoms with Crippen LogP contribution in [0, 0.1) is 23.7 Å². The maximum atomic E-state index is 12.9. The first-order chi connectivity index (χ1) is 18.6. The van der Waals surface area contributed by atoms with Gasteiger partial charge in [-0.3, -0.25) is 9.59 Å². The minimum Gasteiger partial charge on any atom is -0.366 e. The topological polar surface area (TPSA) is 110 Å². The Hall–Kier alpha value is -1.63. The zero-order valence-electron chi connectivity index (χ0n) is 25.6. The molecule has 6 nitrogen and oxygen atoms in total. The van der Waals surface area contributed by atoms with Crippen molar-refractivity contribution in [3.8, 4) is 0 Å². The van der Waals surface area contributed by atoms with Gasteiger partial charge in [0.2, 0.25) is 11.8 Å². The van der Waals surface area contributed by atoms with Crippen LogP contribution in [0.3, 0.4) is 0 Å². The van der Waals surface area contributed by atoms with Crippen LogP contribution in [0.2, 0.25) is 0 Å². The Morgan fingerprint density at radius 3 is 1.95 bits per heavy atom. The summed E-state index contributed by atoms with van der Waals surface area (Å²) in [6.07, 6.45) is 16.8. The molecule has 1 aromatic carbocycles. The third-order valence-corrected chi connectivity index (χ3v) is 9.40. The third kappa shape index (κ3) is 12.2. The fourth-order valence-corrected chi connectivity index (χ4v) is 6.50. The maximum Gasteiger partial charge on any atom is 0.248 e. The minimum absolute atomic E-state index is 0. The Morgan fingerprint density at radius 1 is 0.878 bits per heavy atom. The van der Waals surface area contributed by atoms with Gasteiger partial charge in [-0.05, 0) is 66.2 Å². The number of halogens is 1. The first-order valence-corrected chi connectivity index (χ1v) is 15.8. The lowest BCUT2D eigenvalue weighted by molar-refractivity contribution is -0.124. The number of nitrogens with two attached hydrogens (primary N) is 2. The normalized spacial score (nSPS) is 20.9. The highest BCUT2D eigenvalue weighted by atomic mass is 35.5. The van der Waals surface area contributed by atoms with Crippen LogP contribution in [0.1, 0.15) is 134 Å². The van der Waals surface area contributed by atoms with Crippen LogP contribution in [0.5, 0.6) is 0 Å². The monoisotopic (exact) mass is 592 g/mol. The molecule has 0 bridgehead atoms. The summed E-state index contributed by atoms with van der Waals surface area (Å²) >= 11 is 0. The Labute approximate surface area is 257 Å². The van der Waals surface area contributed by atoms with Gasteiger partial charge in [0.1, 0.15) is 0 Å². The molecule has 0 saturated heterocycles. The van der Waals surface area contributed by atoms with Gasteiger partial charge in [0.05, 0.1) is 6.04 Å². The molecule has 236 valence electrons. The predicted molar refractivity (Wildman–Crippen MR) is 175 cm³/mol. The molecule has 0 unspecified atom stereocenters. The lowest BCUT2D eigenvalue weighted by Gasteiger charge is -2.32. The number of fused-ring (bicyclic) bond motifs is 1. The van der Waals surface area contributed by atoms with Gasteiger partial charge >= 0.3 is 0 Å². The number of benzene rings is 1. The molecule has 0 spiro atoms. The molecule has 1 aromatic rings. The molecular weight excluding hydrogens is 532 g/mol. The molecule has 7 heteroatoms. The molecule has 1 heterocycles. The zero-order chi connectivity index (χ0) is 28.4. The largest absolute Gasteiger partial charge is 0.366 e. The molecule has 2 fully saturated rings. The van der Waals surface area contributed by atoms with E-state index in [2.05, 4.69) is 38.3 Å². The fraction of sp³-hybridized carbons (Fsp3) is 0.765. The van der Waals surface area contributed by atoms with Gasteiger partial charge in [-0.1, -0.05) is 105 Å². The van der Waals surface area contributed by atoms with Crippen LogP contribution in [-0.2, 0) is 17.8 Å². The van der Waals surface area contributed by atoms with E-state index in [0.29, 0.717) is 36.4 Å². The Kier molecular flexibility index (Phi) is 17.2. The number of hydrogen-bond acceptors (Lipinski definition) is 4. The summed E-state index contributed by atoms with van der Waals surface area (Å²) in [5, 5.41) is 6.64. The summed E-state index contributed by atoms with van der Waals surface area (Å²) in [6.45, 7) is 9.44. The molecular formula is C34H61ClN4O2. The van der Waals surface area contributed by atoms with Crippen LogP contribution in [-0.4, -0.2) is 29.9 Å². The summed E-state index contributed by atoms with van der Waals surface area (Å²) < 4.78 is 0. The van der Waals surface area contributed by atoms with E-state index in [-0.39, 0.29) is 37.8 Å². The van der Waals surface area contributed by atoms with Crippen LogP contribution >= 0.6 is 12.4 Å². The summed E-state index contributed by atoms with van der Waals surface area (Å²) in [4.78, 5) is 24.2. The van der Waals surface area contributed by atoms with Gasteiger partial charge in [0, 0.05) is 24.2 Å². The van der Waals surface area contributed by atoms with Gasteiger partial charge in [0.25, 0.3) is 0 Å². The van der Waals surface area contributed by atoms with Crippen molar-refractivity contribution in [2.24, 2.45) is 35.1 Å². The van der Waals surface area contributed by atoms with E-state index in [0.717, 1.165) is 29.4 Å². The first kappa shape index (κ1) is 37.4. The minimum atomic E-state index is -0.417. The second-order valence-corrected chi connectivity index (χ2v) is 13.2. The zero-order valence-corrected chi connectivity index (χ0v) is 26.4. The summed E-state index contributed by atoms with van der Waals surface area (Å²) in [6, 6.07) is 5.97. The second-order valence-electron chi connectivity index (χ2n) is 13.2. The average molecular weight is 593 g/mol. The number of carbonyl (C=O) groups is 2. The number of carbonyl (C=O) groups excluding carboxylic acids is 2. The molecule has 2 amide bonds. The lowest BCUT2D eigenvalue weighted by atomic mass is 9.82. The number of hydrogen-bond donors (Lipinski definition) is 4. The van der Waals surface area contributed by atoms with Crippen molar-refractivity contribution in [1.29, 1.82) is 0 Å². The average Bonchev–Trinajstić information content (AvgIpc) is 2.93. The molecule has 0 radical (unpaired) electrons. The maximum absolute atomic E-state index is 12.9. The van der Waals surface area contributed by atoms with Crippen molar-refractivity contribution in [3.63, 3.8) is 0 Å². The quantitative estimate of drug-likeness (QED) is 0.250. The van der Waals surface area contributed by atoms with Crippen LogP contribution in [0.25, 0.3) is 0 Å². The van der Waals surface area contributed by atoms with Crippen molar-refractivity contribution >= 4 is 24.2 Å². The summed E-state index contributed by atoms with van der Waals surface area (Å²) in [7, 11) is 0. The van der Waals surface area contributed by atoms with E-state index < -0.39 is 5.91 Å². The van der Waals surface area contributed by atoms with Gasteiger partial charge in [-0.2, -0.15) is 0 Å². The first-order valence-electron chi connectivity index (χ1n) is 15.8. The van der Waals surface area contributed by atoms with Crippen LogP contribution < -0.4 is 22.1 Å². The summed E-state index contributed by atoms with van der Waals surface area (Å²) in [5.41, 5.74) is 14.1. The van der Waals surface area contributed by atoms with Gasteiger partial charge < -0.3 is 22.1 Å². The van der Waals surface area contributed by atoms with Gasteiger partial charge in [0.15, 0.2) is 0 Å². The van der Waals surface area contributed by atoms with E-state index in [4.69, 9.17) is 11.5 Å². The van der Waals surface area contributed by atoms with E-state index in [1.165, 1.54) is 70.6 Å². The SMILES string of the molecule is C.CC(C)[C@@H](CC1CCCCC1)NC(=O)[C@H]1Cc2ccc(C(N)=O)cc2CN1.CC(C)[C@H](N)CC1CCCCC1.Cl. The molecule has 0 aromatic heterocycles. The molecule has 3 atom stereocenters. The molecule has 3 aliphatic rings. The van der Waals surface area contributed by atoms with Gasteiger partial charge in [-0.15, -0.1) is 12.4 Å². The number of rotatable bonds is 9. The predicted octanol–water partition coefficient (Wildman–Crippen LogP) is 6.91. The third-order valence-electron chi connectivity index (χ3n) is 9.40. The highest BCUT2D eigenvalue weighted by molar-refractivity contribution is 5.93. The van der Waals surface area contributed by atoms with E-state index in [9.17, 15) is 9.59 Å². The highest BCUT2D eigenvalue weighted by Gasteiger charge is 2.28. The van der Waals surface area contributed by atoms with Crippen molar-refractivity contribution in [2.75, 3.05) is 0 Å². The number of primary amides is 1. The molecule has 2 aliphatic carbocycles. The molecule has 4 rings (SSSR count). The number of amides is 2. The molecule has 2 saturated carbocycles. The van der Waals surface area contributed by atoms with Crippen molar-refractivity contribution in [2.45, 2.75) is 143 Å². The molecule has 6 N–H and O–H groups in total. The Balaban J connectivity index is 0.000000509. The van der Waals surface area contributed by atoms with Crippen molar-refractivity contribution < 1.29 is 9.59 Å². The van der Waals surface area contributed by atoms with E-state index in [1.807, 2.05) is 12.1 Å². The van der Waals surface area contributed by atoms with Crippen LogP contribution in [0.4, 0.5) is 0 Å². The Bertz CT molecular complexity index is 910. The highest BCUT2D eigenvalue weighted by Crippen LogP contribution is 2.30.